The summed E-state index contributed by atoms with van der Waals surface area (Å²) in [5.74, 6) is 0.691. The predicted octanol–water partition coefficient (Wildman–Crippen LogP) is 4.89. The number of hydrogen-bond donors (Lipinski definition) is 1. The highest BCUT2D eigenvalue weighted by molar-refractivity contribution is 7.99. The predicted molar refractivity (Wildman–Crippen MR) is 89.5 cm³/mol. The molecular weight excluding hydrogens is 281 g/mol. The molecule has 1 nitrogen and oxygen atoms in total. The first kappa shape index (κ1) is 16.1. The fraction of sp³-hybridized carbons (Fsp3) is 0.333. The van der Waals surface area contributed by atoms with E-state index in [0.717, 1.165) is 23.4 Å². The van der Waals surface area contributed by atoms with Crippen LogP contribution in [0.1, 0.15) is 29.7 Å². The lowest BCUT2D eigenvalue weighted by molar-refractivity contribution is 0.545. The van der Waals surface area contributed by atoms with Crippen LogP contribution in [0.25, 0.3) is 0 Å². The van der Waals surface area contributed by atoms with Crippen LogP contribution in [0.4, 0.5) is 4.39 Å². The average molecular weight is 303 g/mol. The third-order valence-corrected chi connectivity index (χ3v) is 4.75. The van der Waals surface area contributed by atoms with Gasteiger partial charge in [-0.05, 0) is 38.1 Å². The van der Waals surface area contributed by atoms with Crippen molar-refractivity contribution < 1.29 is 4.39 Å². The van der Waals surface area contributed by atoms with Gasteiger partial charge in [0.05, 0.1) is 0 Å². The zero-order valence-corrected chi connectivity index (χ0v) is 13.6. The number of rotatable bonds is 6. The molecule has 0 spiro atoms. The fourth-order valence-corrected chi connectivity index (χ4v) is 3.44. The van der Waals surface area contributed by atoms with Gasteiger partial charge in [-0.1, -0.05) is 42.8 Å². The highest BCUT2D eigenvalue weighted by atomic mass is 32.2. The van der Waals surface area contributed by atoms with Crippen molar-refractivity contribution in [3.8, 4) is 0 Å². The van der Waals surface area contributed by atoms with Gasteiger partial charge in [-0.25, -0.2) is 4.39 Å². The summed E-state index contributed by atoms with van der Waals surface area (Å²) in [5.41, 5.74) is 3.12. The number of thioether (sulfide) groups is 1. The normalized spacial score (nSPS) is 12.4. The summed E-state index contributed by atoms with van der Waals surface area (Å²) in [6.45, 7) is 6.99. The molecule has 0 saturated carbocycles. The van der Waals surface area contributed by atoms with E-state index in [-0.39, 0.29) is 11.9 Å². The van der Waals surface area contributed by atoms with Crippen LogP contribution in [0.3, 0.4) is 0 Å². The van der Waals surface area contributed by atoms with Crippen molar-refractivity contribution in [2.75, 3.05) is 12.3 Å². The average Bonchev–Trinajstić information content (AvgIpc) is 2.48. The molecule has 2 rings (SSSR count). The quantitative estimate of drug-likeness (QED) is 0.763. The summed E-state index contributed by atoms with van der Waals surface area (Å²) in [4.78, 5) is 1.26. The van der Waals surface area contributed by atoms with Crippen LogP contribution < -0.4 is 5.32 Å². The van der Waals surface area contributed by atoms with Crippen LogP contribution in [0, 0.1) is 19.7 Å². The smallest absolute Gasteiger partial charge is 0.128 e. The van der Waals surface area contributed by atoms with E-state index in [1.54, 1.807) is 17.8 Å². The molecule has 0 aliphatic carbocycles. The molecule has 0 aliphatic heterocycles. The van der Waals surface area contributed by atoms with Crippen LogP contribution >= 0.6 is 11.8 Å². The van der Waals surface area contributed by atoms with Crippen LogP contribution in [0.2, 0.25) is 0 Å². The van der Waals surface area contributed by atoms with Crippen LogP contribution in [0.15, 0.2) is 47.4 Å². The van der Waals surface area contributed by atoms with E-state index < -0.39 is 0 Å². The van der Waals surface area contributed by atoms with Gasteiger partial charge in [0.25, 0.3) is 0 Å². The minimum Gasteiger partial charge on any atom is -0.309 e. The summed E-state index contributed by atoms with van der Waals surface area (Å²) in [5, 5.41) is 3.40. The molecule has 3 heteroatoms. The van der Waals surface area contributed by atoms with Gasteiger partial charge in [-0.3, -0.25) is 0 Å². The summed E-state index contributed by atoms with van der Waals surface area (Å²) >= 11 is 1.78. The largest absolute Gasteiger partial charge is 0.309 e. The Morgan fingerprint density at radius 1 is 1.14 bits per heavy atom. The maximum absolute atomic E-state index is 14.1. The third-order valence-electron chi connectivity index (χ3n) is 3.48. The van der Waals surface area contributed by atoms with Crippen molar-refractivity contribution in [2.45, 2.75) is 31.7 Å². The van der Waals surface area contributed by atoms with E-state index in [2.05, 4.69) is 31.3 Å². The molecule has 1 unspecified atom stereocenters. The van der Waals surface area contributed by atoms with Crippen molar-refractivity contribution in [1.29, 1.82) is 0 Å². The van der Waals surface area contributed by atoms with Crippen molar-refractivity contribution in [1.82, 2.24) is 5.32 Å². The zero-order valence-electron chi connectivity index (χ0n) is 12.8. The van der Waals surface area contributed by atoms with Gasteiger partial charge in [-0.2, -0.15) is 0 Å². The fourth-order valence-electron chi connectivity index (χ4n) is 2.33. The van der Waals surface area contributed by atoms with Crippen LogP contribution in [0.5, 0.6) is 0 Å². The molecule has 2 aromatic rings. The molecule has 112 valence electrons. The molecule has 0 aliphatic rings. The third kappa shape index (κ3) is 4.32. The summed E-state index contributed by atoms with van der Waals surface area (Å²) in [6.07, 6.45) is 0. The molecule has 0 aromatic heterocycles. The molecule has 0 bridgehead atoms. The maximum Gasteiger partial charge on any atom is 0.128 e. The summed E-state index contributed by atoms with van der Waals surface area (Å²) in [6, 6.07) is 13.7. The van der Waals surface area contributed by atoms with Gasteiger partial charge in [0.15, 0.2) is 0 Å². The van der Waals surface area contributed by atoms with E-state index in [4.69, 9.17) is 0 Å². The Morgan fingerprint density at radius 2 is 1.90 bits per heavy atom. The standard InChI is InChI=1S/C18H22FNS/c1-4-20-17(15-11-13(2)9-10-16(15)19)12-21-18-8-6-5-7-14(18)3/h5-11,17,20H,4,12H2,1-3H3. The first-order valence-electron chi connectivity index (χ1n) is 7.29. The van der Waals surface area contributed by atoms with E-state index in [9.17, 15) is 4.39 Å². The van der Waals surface area contributed by atoms with Gasteiger partial charge >= 0.3 is 0 Å². The number of halogens is 1. The molecule has 1 N–H and O–H groups in total. The van der Waals surface area contributed by atoms with Crippen LogP contribution in [-0.4, -0.2) is 12.3 Å². The first-order chi connectivity index (χ1) is 10.1. The van der Waals surface area contributed by atoms with E-state index >= 15 is 0 Å². The van der Waals surface area contributed by atoms with Gasteiger partial charge in [0.2, 0.25) is 0 Å². The molecule has 2 aromatic carbocycles. The molecular formula is C18H22FNS. The maximum atomic E-state index is 14.1. The molecule has 0 amide bonds. The number of hydrogen-bond acceptors (Lipinski definition) is 2. The number of nitrogens with one attached hydrogen (secondary N) is 1. The van der Waals surface area contributed by atoms with E-state index in [1.165, 1.54) is 10.5 Å². The second-order valence-corrected chi connectivity index (χ2v) is 6.27. The number of benzene rings is 2. The highest BCUT2D eigenvalue weighted by Gasteiger charge is 2.15. The minimum absolute atomic E-state index is 0.0273. The Labute approximate surface area is 131 Å². The van der Waals surface area contributed by atoms with Gasteiger partial charge in [-0.15, -0.1) is 11.8 Å². The number of aryl methyl sites for hydroxylation is 2. The van der Waals surface area contributed by atoms with Crippen LogP contribution in [-0.2, 0) is 0 Å². The summed E-state index contributed by atoms with van der Waals surface area (Å²) in [7, 11) is 0. The Morgan fingerprint density at radius 3 is 2.62 bits per heavy atom. The molecule has 0 saturated heterocycles. The Hall–Kier alpha value is -1.32. The Bertz CT molecular complexity index is 598. The molecule has 0 heterocycles. The minimum atomic E-state index is -0.128. The Balaban J connectivity index is 2.16. The Kier molecular flexibility index (Phi) is 5.83. The lowest BCUT2D eigenvalue weighted by Gasteiger charge is -2.19. The molecule has 1 atom stereocenters. The second-order valence-electron chi connectivity index (χ2n) is 5.21. The zero-order chi connectivity index (χ0) is 15.2. The van der Waals surface area contributed by atoms with Crippen molar-refractivity contribution >= 4 is 11.8 Å². The van der Waals surface area contributed by atoms with Gasteiger partial charge in [0, 0.05) is 22.3 Å². The lowest BCUT2D eigenvalue weighted by atomic mass is 10.0. The van der Waals surface area contributed by atoms with Crippen molar-refractivity contribution in [3.63, 3.8) is 0 Å². The summed E-state index contributed by atoms with van der Waals surface area (Å²) < 4.78 is 14.1. The lowest BCUT2D eigenvalue weighted by Crippen LogP contribution is -2.24. The molecule has 0 fully saturated rings. The van der Waals surface area contributed by atoms with E-state index in [0.29, 0.717) is 0 Å². The molecule has 0 radical (unpaired) electrons. The van der Waals surface area contributed by atoms with Crippen molar-refractivity contribution in [2.24, 2.45) is 0 Å². The first-order valence-corrected chi connectivity index (χ1v) is 8.28. The highest BCUT2D eigenvalue weighted by Crippen LogP contribution is 2.28. The van der Waals surface area contributed by atoms with E-state index in [1.807, 2.05) is 31.2 Å². The SMILES string of the molecule is CCNC(CSc1ccccc1C)c1cc(C)ccc1F. The monoisotopic (exact) mass is 303 g/mol. The second kappa shape index (κ2) is 7.62. The molecule has 21 heavy (non-hydrogen) atoms. The topological polar surface area (TPSA) is 12.0 Å². The van der Waals surface area contributed by atoms with Gasteiger partial charge < -0.3 is 5.32 Å². The van der Waals surface area contributed by atoms with Crippen molar-refractivity contribution in [3.05, 3.63) is 65.0 Å². The van der Waals surface area contributed by atoms with Gasteiger partial charge in [0.1, 0.15) is 5.82 Å².